The molecule has 18 heavy (non-hydrogen) atoms. The highest BCUT2D eigenvalue weighted by Gasteiger charge is 2.39. The molecule has 0 atom stereocenters. The van der Waals surface area contributed by atoms with Crippen molar-refractivity contribution in [1.82, 2.24) is 10.4 Å². The third-order valence-corrected chi connectivity index (χ3v) is 2.52. The summed E-state index contributed by atoms with van der Waals surface area (Å²) in [5.41, 5.74) is 2.42. The summed E-state index contributed by atoms with van der Waals surface area (Å²) in [6.07, 6.45) is -3.81. The predicted molar refractivity (Wildman–Crippen MR) is 61.0 cm³/mol. The molecule has 1 aromatic rings. The van der Waals surface area contributed by atoms with Gasteiger partial charge in [-0.25, -0.2) is 0 Å². The van der Waals surface area contributed by atoms with Gasteiger partial charge in [0, 0.05) is 18.7 Å². The van der Waals surface area contributed by atoms with Crippen LogP contribution in [0.3, 0.4) is 0 Å². The van der Waals surface area contributed by atoms with Crippen molar-refractivity contribution >= 4 is 5.70 Å². The minimum Gasteiger partial charge on any atom is -0.506 e. The maximum atomic E-state index is 12.6. The third-order valence-electron chi connectivity index (χ3n) is 2.52. The van der Waals surface area contributed by atoms with Crippen molar-refractivity contribution in [1.29, 1.82) is 0 Å². The lowest BCUT2D eigenvalue weighted by molar-refractivity contribution is -0.113. The van der Waals surface area contributed by atoms with Gasteiger partial charge in [0.2, 0.25) is 0 Å². The zero-order valence-electron chi connectivity index (χ0n) is 9.49. The summed E-state index contributed by atoms with van der Waals surface area (Å²) in [5.74, 6) is -0.438. The second-order valence-corrected chi connectivity index (χ2v) is 3.82. The number of nitrogens with zero attached hydrogens (tertiary/aromatic N) is 1. The molecule has 0 saturated carbocycles. The molecular weight excluding hydrogens is 245 g/mol. The van der Waals surface area contributed by atoms with Gasteiger partial charge in [-0.15, -0.1) is 0 Å². The maximum absolute atomic E-state index is 12.6. The van der Waals surface area contributed by atoms with Gasteiger partial charge in [-0.1, -0.05) is 30.3 Å². The Morgan fingerprint density at radius 1 is 1.17 bits per heavy atom. The molecule has 0 amide bonds. The van der Waals surface area contributed by atoms with Gasteiger partial charge in [-0.2, -0.15) is 13.2 Å². The van der Waals surface area contributed by atoms with Gasteiger partial charge in [0.15, 0.2) is 0 Å². The van der Waals surface area contributed by atoms with Crippen LogP contribution in [0.5, 0.6) is 0 Å². The van der Waals surface area contributed by atoms with E-state index in [0.29, 0.717) is 11.6 Å². The highest BCUT2D eigenvalue weighted by atomic mass is 19.4. The molecule has 0 aromatic heterocycles. The van der Waals surface area contributed by atoms with Crippen molar-refractivity contribution in [2.75, 3.05) is 7.05 Å². The standard InChI is InChI=1S/C12H11F3N2O/c1-17-10(12(13,14)15)7-9(18)11(16-17)8-5-3-2-4-6-8/h2-7,16,18H,1H3. The quantitative estimate of drug-likeness (QED) is 0.811. The highest BCUT2D eigenvalue weighted by Crippen LogP contribution is 2.32. The SMILES string of the molecule is CN1NC(c2ccccc2)=C(O)C=C1C(F)(F)F. The Kier molecular flexibility index (Phi) is 2.94. The fourth-order valence-electron chi connectivity index (χ4n) is 1.67. The van der Waals surface area contributed by atoms with Crippen molar-refractivity contribution in [3.05, 3.63) is 53.4 Å². The van der Waals surface area contributed by atoms with Crippen LogP contribution in [0, 0.1) is 0 Å². The summed E-state index contributed by atoms with van der Waals surface area (Å²) in [6.45, 7) is 0. The molecule has 0 saturated heterocycles. The zero-order valence-corrected chi connectivity index (χ0v) is 9.49. The van der Waals surface area contributed by atoms with E-state index in [1.165, 1.54) is 7.05 Å². The van der Waals surface area contributed by atoms with E-state index in [2.05, 4.69) is 5.43 Å². The number of aliphatic hydroxyl groups is 1. The molecule has 1 aromatic carbocycles. The molecule has 1 heterocycles. The number of alkyl halides is 3. The van der Waals surface area contributed by atoms with Crippen LogP contribution in [0.2, 0.25) is 0 Å². The Hall–Kier alpha value is -2.11. The first-order valence-corrected chi connectivity index (χ1v) is 5.17. The summed E-state index contributed by atoms with van der Waals surface area (Å²) >= 11 is 0. The Morgan fingerprint density at radius 2 is 1.78 bits per heavy atom. The number of hydrogen-bond acceptors (Lipinski definition) is 3. The number of hydrazine groups is 1. The largest absolute Gasteiger partial charge is 0.506 e. The molecule has 0 spiro atoms. The van der Waals surface area contributed by atoms with Crippen molar-refractivity contribution < 1.29 is 18.3 Å². The number of allylic oxidation sites excluding steroid dienone is 2. The number of nitrogens with one attached hydrogen (secondary N) is 1. The Morgan fingerprint density at radius 3 is 2.33 bits per heavy atom. The van der Waals surface area contributed by atoms with Crippen LogP contribution >= 0.6 is 0 Å². The number of rotatable bonds is 1. The molecule has 1 aliphatic heterocycles. The molecule has 0 radical (unpaired) electrons. The molecule has 2 N–H and O–H groups in total. The average Bonchev–Trinajstić information content (AvgIpc) is 2.31. The van der Waals surface area contributed by atoms with E-state index in [1.54, 1.807) is 30.3 Å². The van der Waals surface area contributed by atoms with Crippen LogP contribution < -0.4 is 5.43 Å². The van der Waals surface area contributed by atoms with Gasteiger partial charge in [-0.05, 0) is 0 Å². The average molecular weight is 256 g/mol. The van der Waals surface area contributed by atoms with E-state index >= 15 is 0 Å². The molecule has 0 bridgehead atoms. The molecule has 96 valence electrons. The number of benzene rings is 1. The summed E-state index contributed by atoms with van der Waals surface area (Å²) in [7, 11) is 1.24. The minimum atomic E-state index is -4.52. The molecule has 1 aliphatic rings. The topological polar surface area (TPSA) is 35.5 Å². The van der Waals surface area contributed by atoms with Crippen molar-refractivity contribution in [2.24, 2.45) is 0 Å². The summed E-state index contributed by atoms with van der Waals surface area (Å²) in [4.78, 5) is 0. The molecule has 0 aliphatic carbocycles. The predicted octanol–water partition coefficient (Wildman–Crippen LogP) is 2.81. The summed E-state index contributed by atoms with van der Waals surface area (Å²) < 4.78 is 37.8. The van der Waals surface area contributed by atoms with E-state index in [-0.39, 0.29) is 5.70 Å². The number of halogens is 3. The third kappa shape index (κ3) is 2.27. The molecule has 0 unspecified atom stereocenters. The van der Waals surface area contributed by atoms with Gasteiger partial charge in [0.25, 0.3) is 0 Å². The first-order chi connectivity index (χ1) is 8.39. The fraction of sp³-hybridized carbons (Fsp3) is 0.167. The van der Waals surface area contributed by atoms with Gasteiger partial charge in [0.1, 0.15) is 17.2 Å². The number of aliphatic hydroxyl groups excluding tert-OH is 1. The Bertz CT molecular complexity index is 506. The first kappa shape index (κ1) is 12.3. The van der Waals surface area contributed by atoms with E-state index in [4.69, 9.17) is 0 Å². The fourth-order valence-corrected chi connectivity index (χ4v) is 1.67. The number of hydrogen-bond donors (Lipinski definition) is 2. The molecular formula is C12H11F3N2O. The summed E-state index contributed by atoms with van der Waals surface area (Å²) in [6, 6.07) is 8.64. The van der Waals surface area contributed by atoms with Crippen LogP contribution in [-0.4, -0.2) is 23.3 Å². The Balaban J connectivity index is 2.44. The lowest BCUT2D eigenvalue weighted by atomic mass is 10.1. The maximum Gasteiger partial charge on any atom is 0.433 e. The summed E-state index contributed by atoms with van der Waals surface area (Å²) in [5, 5.41) is 10.5. The highest BCUT2D eigenvalue weighted by molar-refractivity contribution is 5.68. The Labute approximate surface area is 102 Å². The van der Waals surface area contributed by atoms with Gasteiger partial charge >= 0.3 is 6.18 Å². The molecule has 2 rings (SSSR count). The lowest BCUT2D eigenvalue weighted by Crippen LogP contribution is -2.41. The molecule has 3 nitrogen and oxygen atoms in total. The van der Waals surface area contributed by atoms with Gasteiger partial charge in [-0.3, -0.25) is 10.4 Å². The smallest absolute Gasteiger partial charge is 0.433 e. The van der Waals surface area contributed by atoms with Crippen LogP contribution in [0.15, 0.2) is 47.9 Å². The minimum absolute atomic E-state index is 0.242. The normalized spacial score (nSPS) is 16.4. The van der Waals surface area contributed by atoms with Gasteiger partial charge in [0.05, 0.1) is 0 Å². The van der Waals surface area contributed by atoms with Gasteiger partial charge < -0.3 is 5.11 Å². The molecule has 6 heteroatoms. The van der Waals surface area contributed by atoms with Crippen LogP contribution in [0.1, 0.15) is 5.56 Å². The van der Waals surface area contributed by atoms with Crippen molar-refractivity contribution in [3.8, 4) is 0 Å². The van der Waals surface area contributed by atoms with Crippen molar-refractivity contribution in [2.45, 2.75) is 6.18 Å². The zero-order chi connectivity index (χ0) is 13.3. The van der Waals surface area contributed by atoms with Crippen LogP contribution in [0.4, 0.5) is 13.2 Å². The van der Waals surface area contributed by atoms with Crippen LogP contribution in [-0.2, 0) is 0 Å². The van der Waals surface area contributed by atoms with E-state index in [0.717, 1.165) is 5.01 Å². The van der Waals surface area contributed by atoms with E-state index in [1.807, 2.05) is 0 Å². The monoisotopic (exact) mass is 256 g/mol. The second kappa shape index (κ2) is 4.29. The van der Waals surface area contributed by atoms with E-state index < -0.39 is 17.6 Å². The van der Waals surface area contributed by atoms with Crippen LogP contribution in [0.25, 0.3) is 5.70 Å². The molecule has 0 fully saturated rings. The van der Waals surface area contributed by atoms with Crippen molar-refractivity contribution in [3.63, 3.8) is 0 Å². The first-order valence-electron chi connectivity index (χ1n) is 5.17. The lowest BCUT2D eigenvalue weighted by Gasteiger charge is -2.30. The van der Waals surface area contributed by atoms with E-state index in [9.17, 15) is 18.3 Å². The second-order valence-electron chi connectivity index (χ2n) is 3.82.